The van der Waals surface area contributed by atoms with E-state index in [4.69, 9.17) is 0 Å². The van der Waals surface area contributed by atoms with Crippen LogP contribution in [0.4, 0.5) is 18.9 Å². The molecule has 0 saturated carbocycles. The molecule has 0 aliphatic carbocycles. The molecule has 110 valence electrons. The topological polar surface area (TPSA) is 61.4 Å². The summed E-state index contributed by atoms with van der Waals surface area (Å²) in [6.07, 6.45) is -3.70. The van der Waals surface area contributed by atoms with Crippen molar-refractivity contribution in [1.29, 1.82) is 0 Å². The molecular formula is C13H15F3N2O2. The van der Waals surface area contributed by atoms with E-state index in [0.29, 0.717) is 6.54 Å². The van der Waals surface area contributed by atoms with Gasteiger partial charge in [-0.3, -0.25) is 4.79 Å². The average Bonchev–Trinajstić information content (AvgIpc) is 2.77. The lowest BCUT2D eigenvalue weighted by atomic mass is 10.0. The van der Waals surface area contributed by atoms with Crippen molar-refractivity contribution >= 4 is 11.6 Å². The van der Waals surface area contributed by atoms with E-state index >= 15 is 0 Å². The van der Waals surface area contributed by atoms with Gasteiger partial charge in [0.1, 0.15) is 5.75 Å². The molecule has 1 aliphatic heterocycles. The van der Waals surface area contributed by atoms with E-state index in [1.54, 1.807) is 0 Å². The lowest BCUT2D eigenvalue weighted by Gasteiger charge is -2.17. The Balaban J connectivity index is 2.18. The van der Waals surface area contributed by atoms with Crippen LogP contribution in [0.1, 0.15) is 18.9 Å². The fraction of sp³-hybridized carbons (Fsp3) is 0.462. The van der Waals surface area contributed by atoms with Gasteiger partial charge in [-0.25, -0.2) is 0 Å². The highest BCUT2D eigenvalue weighted by Crippen LogP contribution is 2.34. The third-order valence-corrected chi connectivity index (χ3v) is 3.40. The number of phenols is 1. The molecule has 0 bridgehead atoms. The minimum absolute atomic E-state index is 0.0999. The Hall–Kier alpha value is -1.76. The lowest BCUT2D eigenvalue weighted by Crippen LogP contribution is -2.39. The number of hydrogen-bond donors (Lipinski definition) is 3. The molecule has 4 nitrogen and oxygen atoms in total. The molecule has 0 spiro atoms. The summed E-state index contributed by atoms with van der Waals surface area (Å²) in [7, 11) is 0. The molecule has 1 saturated heterocycles. The molecular weight excluding hydrogens is 273 g/mol. The van der Waals surface area contributed by atoms with Gasteiger partial charge in [0, 0.05) is 0 Å². The summed E-state index contributed by atoms with van der Waals surface area (Å²) in [6, 6.07) is 1.96. The van der Waals surface area contributed by atoms with Crippen LogP contribution >= 0.6 is 0 Å². The highest BCUT2D eigenvalue weighted by Gasteiger charge is 2.33. The van der Waals surface area contributed by atoms with Gasteiger partial charge in [-0.15, -0.1) is 0 Å². The third-order valence-electron chi connectivity index (χ3n) is 3.40. The maximum absolute atomic E-state index is 12.6. The molecule has 7 heteroatoms. The first-order valence-corrected chi connectivity index (χ1v) is 6.23. The molecule has 1 aromatic rings. The van der Waals surface area contributed by atoms with E-state index in [1.165, 1.54) is 0 Å². The van der Waals surface area contributed by atoms with Crippen molar-refractivity contribution in [3.63, 3.8) is 0 Å². The molecule has 0 aromatic heterocycles. The van der Waals surface area contributed by atoms with Gasteiger partial charge in [0.15, 0.2) is 0 Å². The molecule has 1 aromatic carbocycles. The van der Waals surface area contributed by atoms with Crippen LogP contribution in [0.5, 0.6) is 5.75 Å². The number of carbonyl (C=O) groups excluding carboxylic acids is 1. The van der Waals surface area contributed by atoms with Crippen LogP contribution in [0.15, 0.2) is 18.2 Å². The van der Waals surface area contributed by atoms with Crippen LogP contribution in [0.2, 0.25) is 0 Å². The number of alkyl halides is 3. The highest BCUT2D eigenvalue weighted by atomic mass is 19.4. The number of halogens is 3. The Morgan fingerprint density at radius 1 is 1.45 bits per heavy atom. The summed E-state index contributed by atoms with van der Waals surface area (Å²) in [5.74, 6) is -0.732. The Labute approximate surface area is 114 Å². The van der Waals surface area contributed by atoms with Gasteiger partial charge in [0.05, 0.1) is 17.3 Å². The molecule has 0 radical (unpaired) electrons. The number of benzene rings is 1. The fourth-order valence-corrected chi connectivity index (χ4v) is 2.21. The summed E-state index contributed by atoms with van der Waals surface area (Å²) < 4.78 is 37.8. The largest absolute Gasteiger partial charge is 0.506 e. The molecule has 1 heterocycles. The van der Waals surface area contributed by atoms with Gasteiger partial charge in [-0.05, 0) is 37.1 Å². The van der Waals surface area contributed by atoms with E-state index in [9.17, 15) is 23.1 Å². The summed E-state index contributed by atoms with van der Waals surface area (Å²) in [5.41, 5.74) is -1.15. The monoisotopic (exact) mass is 288 g/mol. The average molecular weight is 288 g/mol. The van der Waals surface area contributed by atoms with Crippen molar-refractivity contribution < 1.29 is 23.1 Å². The zero-order valence-electron chi connectivity index (χ0n) is 10.8. The van der Waals surface area contributed by atoms with Crippen molar-refractivity contribution in [3.05, 3.63) is 23.8 Å². The first kappa shape index (κ1) is 14.6. The summed E-state index contributed by atoms with van der Waals surface area (Å²) in [6.45, 7) is 2.57. The summed E-state index contributed by atoms with van der Waals surface area (Å²) in [4.78, 5) is 12.0. The first-order valence-electron chi connectivity index (χ1n) is 6.23. The smallest absolute Gasteiger partial charge is 0.416 e. The van der Waals surface area contributed by atoms with E-state index in [1.807, 2.05) is 6.92 Å². The number of phenolic OH excluding ortho intramolecular Hbond substituents is 1. The Bertz CT molecular complexity index is 517. The van der Waals surface area contributed by atoms with E-state index in [2.05, 4.69) is 10.6 Å². The minimum atomic E-state index is -4.52. The van der Waals surface area contributed by atoms with Crippen LogP contribution in [0.3, 0.4) is 0 Å². The fourth-order valence-electron chi connectivity index (χ4n) is 2.21. The van der Waals surface area contributed by atoms with Gasteiger partial charge in [0.25, 0.3) is 0 Å². The predicted molar refractivity (Wildman–Crippen MR) is 67.3 cm³/mol. The number of amides is 1. The second kappa shape index (κ2) is 5.32. The molecule has 1 amide bonds. The van der Waals surface area contributed by atoms with Gasteiger partial charge in [0.2, 0.25) is 5.91 Å². The Morgan fingerprint density at radius 2 is 2.15 bits per heavy atom. The predicted octanol–water partition coefficient (Wildman–Crippen LogP) is 2.35. The normalized spacial score (nSPS) is 22.8. The summed E-state index contributed by atoms with van der Waals surface area (Å²) in [5, 5.41) is 14.9. The number of hydrogen-bond acceptors (Lipinski definition) is 3. The van der Waals surface area contributed by atoms with Gasteiger partial charge < -0.3 is 15.7 Å². The lowest BCUT2D eigenvalue weighted by molar-refractivity contribution is -0.137. The van der Waals surface area contributed by atoms with Crippen LogP contribution in [-0.2, 0) is 11.0 Å². The van der Waals surface area contributed by atoms with E-state index in [-0.39, 0.29) is 11.6 Å². The van der Waals surface area contributed by atoms with Crippen LogP contribution < -0.4 is 10.6 Å². The summed E-state index contributed by atoms with van der Waals surface area (Å²) >= 11 is 0. The molecule has 2 unspecified atom stereocenters. The molecule has 1 aliphatic rings. The zero-order chi connectivity index (χ0) is 14.9. The standard InChI is InChI=1S/C13H15F3N2O2/c1-7-4-5-17-11(7)12(20)18-9-6-8(13(14,15)16)2-3-10(9)19/h2-3,6-7,11,17,19H,4-5H2,1H3,(H,18,20). The van der Waals surface area contributed by atoms with Crippen molar-refractivity contribution in [1.82, 2.24) is 5.32 Å². The molecule has 3 N–H and O–H groups in total. The van der Waals surface area contributed by atoms with Gasteiger partial charge in [-0.1, -0.05) is 6.92 Å². The highest BCUT2D eigenvalue weighted by molar-refractivity contribution is 5.96. The number of aromatic hydroxyl groups is 1. The maximum atomic E-state index is 12.6. The van der Waals surface area contributed by atoms with E-state index < -0.39 is 29.4 Å². The second-order valence-electron chi connectivity index (χ2n) is 4.92. The number of anilines is 1. The van der Waals surface area contributed by atoms with E-state index in [0.717, 1.165) is 24.6 Å². The van der Waals surface area contributed by atoms with Crippen molar-refractivity contribution in [3.8, 4) is 5.75 Å². The van der Waals surface area contributed by atoms with Crippen molar-refractivity contribution in [2.75, 3.05) is 11.9 Å². The molecule has 1 fully saturated rings. The number of rotatable bonds is 2. The number of carbonyl (C=O) groups is 1. The molecule has 20 heavy (non-hydrogen) atoms. The quantitative estimate of drug-likeness (QED) is 0.732. The Morgan fingerprint density at radius 3 is 2.70 bits per heavy atom. The minimum Gasteiger partial charge on any atom is -0.506 e. The maximum Gasteiger partial charge on any atom is 0.416 e. The number of nitrogens with one attached hydrogen (secondary N) is 2. The van der Waals surface area contributed by atoms with Crippen LogP contribution in [-0.4, -0.2) is 23.6 Å². The SMILES string of the molecule is CC1CCNC1C(=O)Nc1cc(C(F)(F)F)ccc1O. The van der Waals surface area contributed by atoms with Crippen LogP contribution in [0, 0.1) is 5.92 Å². The zero-order valence-corrected chi connectivity index (χ0v) is 10.8. The van der Waals surface area contributed by atoms with Gasteiger partial charge in [-0.2, -0.15) is 13.2 Å². The van der Waals surface area contributed by atoms with Gasteiger partial charge >= 0.3 is 6.18 Å². The van der Waals surface area contributed by atoms with Crippen molar-refractivity contribution in [2.24, 2.45) is 5.92 Å². The molecule has 2 rings (SSSR count). The molecule has 2 atom stereocenters. The third kappa shape index (κ3) is 3.04. The second-order valence-corrected chi connectivity index (χ2v) is 4.92. The van der Waals surface area contributed by atoms with Crippen LogP contribution in [0.25, 0.3) is 0 Å². The van der Waals surface area contributed by atoms with Crippen molar-refractivity contribution in [2.45, 2.75) is 25.6 Å². The Kier molecular flexibility index (Phi) is 3.89. The first-order chi connectivity index (χ1) is 9.29.